The molecular weight excluding hydrogens is 228 g/mol. The number of hydrogen-bond acceptors (Lipinski definition) is 4. The smallest absolute Gasteiger partial charge is 0.306 e. The van der Waals surface area contributed by atoms with Crippen molar-refractivity contribution in [2.75, 3.05) is 20.2 Å². The predicted octanol–water partition coefficient (Wildman–Crippen LogP) is 1.94. The van der Waals surface area contributed by atoms with E-state index in [4.69, 9.17) is 5.26 Å². The zero-order chi connectivity index (χ0) is 13.4. The van der Waals surface area contributed by atoms with Crippen LogP contribution in [0.5, 0.6) is 0 Å². The first-order valence-electron chi connectivity index (χ1n) is 5.97. The molecule has 96 valence electrons. The van der Waals surface area contributed by atoms with Crippen LogP contribution >= 0.6 is 0 Å². The van der Waals surface area contributed by atoms with Crippen LogP contribution in [0, 0.1) is 11.3 Å². The van der Waals surface area contributed by atoms with Crippen molar-refractivity contribution in [3.8, 4) is 6.07 Å². The van der Waals surface area contributed by atoms with E-state index in [1.54, 1.807) is 6.07 Å². The minimum absolute atomic E-state index is 0.195. The van der Waals surface area contributed by atoms with Crippen molar-refractivity contribution in [2.24, 2.45) is 0 Å². The first-order chi connectivity index (χ1) is 8.69. The first-order valence-corrected chi connectivity index (χ1v) is 5.97. The maximum Gasteiger partial charge on any atom is 0.306 e. The third kappa shape index (κ3) is 4.56. The highest BCUT2D eigenvalue weighted by Gasteiger charge is 2.07. The van der Waals surface area contributed by atoms with Crippen molar-refractivity contribution >= 4 is 5.97 Å². The molecule has 4 nitrogen and oxygen atoms in total. The summed E-state index contributed by atoms with van der Waals surface area (Å²) in [6.07, 6.45) is 0.391. The minimum atomic E-state index is -0.195. The quantitative estimate of drug-likeness (QED) is 0.720. The van der Waals surface area contributed by atoms with Gasteiger partial charge in [0.2, 0.25) is 0 Å². The summed E-state index contributed by atoms with van der Waals surface area (Å²) in [4.78, 5) is 13.2. The zero-order valence-electron chi connectivity index (χ0n) is 10.8. The van der Waals surface area contributed by atoms with Crippen molar-refractivity contribution in [1.82, 2.24) is 4.90 Å². The van der Waals surface area contributed by atoms with E-state index in [-0.39, 0.29) is 5.97 Å². The van der Waals surface area contributed by atoms with Crippen LogP contribution in [0.15, 0.2) is 24.3 Å². The number of methoxy groups -OCH3 is 1. The largest absolute Gasteiger partial charge is 0.469 e. The number of benzene rings is 1. The van der Waals surface area contributed by atoms with E-state index in [2.05, 4.69) is 15.7 Å². The summed E-state index contributed by atoms with van der Waals surface area (Å²) < 4.78 is 4.62. The SMILES string of the molecule is CCN(CCC(=O)OC)Cc1cccc(C#N)c1. The molecule has 1 aromatic rings. The van der Waals surface area contributed by atoms with Crippen LogP contribution in [0.25, 0.3) is 0 Å². The summed E-state index contributed by atoms with van der Waals surface area (Å²) in [5, 5.41) is 8.84. The molecule has 0 bridgehead atoms. The van der Waals surface area contributed by atoms with Crippen LogP contribution in [0.3, 0.4) is 0 Å². The van der Waals surface area contributed by atoms with Crippen LogP contribution in [0.4, 0.5) is 0 Å². The zero-order valence-corrected chi connectivity index (χ0v) is 10.8. The standard InChI is InChI=1S/C14H18N2O2/c1-3-16(8-7-14(17)18-2)11-13-6-4-5-12(9-13)10-15/h4-6,9H,3,7-8,11H2,1-2H3. The van der Waals surface area contributed by atoms with Gasteiger partial charge in [-0.15, -0.1) is 0 Å². The van der Waals surface area contributed by atoms with E-state index >= 15 is 0 Å². The van der Waals surface area contributed by atoms with E-state index in [1.807, 2.05) is 25.1 Å². The summed E-state index contributed by atoms with van der Waals surface area (Å²) in [5.74, 6) is -0.195. The van der Waals surface area contributed by atoms with Gasteiger partial charge in [0.05, 0.1) is 25.2 Å². The van der Waals surface area contributed by atoms with Crippen LogP contribution < -0.4 is 0 Å². The Morgan fingerprint density at radius 2 is 2.28 bits per heavy atom. The Hall–Kier alpha value is -1.86. The molecule has 0 fully saturated rings. The fourth-order valence-corrected chi connectivity index (χ4v) is 1.70. The number of carbonyl (C=O) groups excluding carboxylic acids is 1. The molecule has 0 aliphatic heterocycles. The van der Waals surface area contributed by atoms with E-state index in [0.717, 1.165) is 18.7 Å². The lowest BCUT2D eigenvalue weighted by Gasteiger charge is -2.19. The van der Waals surface area contributed by atoms with Gasteiger partial charge in [-0.1, -0.05) is 19.1 Å². The molecule has 0 saturated carbocycles. The number of rotatable bonds is 6. The Kier molecular flexibility index (Phi) is 5.89. The molecule has 1 aromatic carbocycles. The van der Waals surface area contributed by atoms with Crippen molar-refractivity contribution < 1.29 is 9.53 Å². The summed E-state index contributed by atoms with van der Waals surface area (Å²) >= 11 is 0. The van der Waals surface area contributed by atoms with Crippen molar-refractivity contribution in [3.05, 3.63) is 35.4 Å². The number of nitrogens with zero attached hydrogens (tertiary/aromatic N) is 2. The fraction of sp³-hybridized carbons (Fsp3) is 0.429. The molecule has 0 heterocycles. The second kappa shape index (κ2) is 7.46. The molecule has 0 atom stereocenters. The summed E-state index contributed by atoms with van der Waals surface area (Å²) in [5.41, 5.74) is 1.75. The Labute approximate surface area is 108 Å². The average molecular weight is 246 g/mol. The van der Waals surface area contributed by atoms with Gasteiger partial charge in [-0.05, 0) is 24.2 Å². The maximum atomic E-state index is 11.1. The number of nitriles is 1. The van der Waals surface area contributed by atoms with Gasteiger partial charge in [0.25, 0.3) is 0 Å². The van der Waals surface area contributed by atoms with Crippen LogP contribution in [-0.4, -0.2) is 31.1 Å². The predicted molar refractivity (Wildman–Crippen MR) is 68.7 cm³/mol. The topological polar surface area (TPSA) is 53.3 Å². The number of esters is 1. The highest BCUT2D eigenvalue weighted by Crippen LogP contribution is 2.08. The van der Waals surface area contributed by atoms with Crippen LogP contribution in [0.1, 0.15) is 24.5 Å². The van der Waals surface area contributed by atoms with Crippen molar-refractivity contribution in [2.45, 2.75) is 19.9 Å². The molecule has 4 heteroatoms. The molecule has 0 unspecified atom stereocenters. The Balaban J connectivity index is 2.57. The Morgan fingerprint density at radius 3 is 2.89 bits per heavy atom. The van der Waals surface area contributed by atoms with Crippen LogP contribution in [0.2, 0.25) is 0 Å². The third-order valence-corrected chi connectivity index (χ3v) is 2.77. The lowest BCUT2D eigenvalue weighted by Crippen LogP contribution is -2.26. The molecular formula is C14H18N2O2. The van der Waals surface area contributed by atoms with E-state index in [9.17, 15) is 4.79 Å². The Morgan fingerprint density at radius 1 is 1.50 bits per heavy atom. The highest BCUT2D eigenvalue weighted by atomic mass is 16.5. The van der Waals surface area contributed by atoms with E-state index in [0.29, 0.717) is 18.5 Å². The van der Waals surface area contributed by atoms with Gasteiger partial charge in [-0.25, -0.2) is 0 Å². The van der Waals surface area contributed by atoms with Gasteiger partial charge in [0.15, 0.2) is 0 Å². The van der Waals surface area contributed by atoms with Crippen LogP contribution in [-0.2, 0) is 16.1 Å². The molecule has 1 rings (SSSR count). The number of hydrogen-bond donors (Lipinski definition) is 0. The van der Waals surface area contributed by atoms with E-state index in [1.165, 1.54) is 7.11 Å². The molecule has 0 N–H and O–H groups in total. The molecule has 0 aromatic heterocycles. The van der Waals surface area contributed by atoms with Gasteiger partial charge >= 0.3 is 5.97 Å². The molecule has 0 saturated heterocycles. The third-order valence-electron chi connectivity index (χ3n) is 2.77. The number of carbonyl (C=O) groups is 1. The molecule has 0 aliphatic rings. The lowest BCUT2D eigenvalue weighted by atomic mass is 10.1. The number of ether oxygens (including phenoxy) is 1. The van der Waals surface area contributed by atoms with Crippen molar-refractivity contribution in [1.29, 1.82) is 5.26 Å². The summed E-state index contributed by atoms with van der Waals surface area (Å²) in [7, 11) is 1.40. The molecule has 0 spiro atoms. The molecule has 0 amide bonds. The van der Waals surface area contributed by atoms with Gasteiger partial charge < -0.3 is 4.74 Å². The second-order valence-corrected chi connectivity index (χ2v) is 4.01. The summed E-state index contributed by atoms with van der Waals surface area (Å²) in [6.45, 7) is 4.31. The average Bonchev–Trinajstić information content (AvgIpc) is 2.43. The maximum absolute atomic E-state index is 11.1. The van der Waals surface area contributed by atoms with Gasteiger partial charge in [-0.2, -0.15) is 5.26 Å². The second-order valence-electron chi connectivity index (χ2n) is 4.01. The van der Waals surface area contributed by atoms with Gasteiger partial charge in [-0.3, -0.25) is 9.69 Å². The summed E-state index contributed by atoms with van der Waals surface area (Å²) in [6, 6.07) is 9.65. The highest BCUT2D eigenvalue weighted by molar-refractivity contribution is 5.69. The normalized spacial score (nSPS) is 10.1. The first kappa shape index (κ1) is 14.2. The molecule has 0 radical (unpaired) electrons. The van der Waals surface area contributed by atoms with Gasteiger partial charge in [0.1, 0.15) is 0 Å². The fourth-order valence-electron chi connectivity index (χ4n) is 1.70. The van der Waals surface area contributed by atoms with Gasteiger partial charge in [0, 0.05) is 13.1 Å². The van der Waals surface area contributed by atoms with E-state index < -0.39 is 0 Å². The molecule has 18 heavy (non-hydrogen) atoms. The lowest BCUT2D eigenvalue weighted by molar-refractivity contribution is -0.141. The Bertz CT molecular complexity index is 438. The molecule has 0 aliphatic carbocycles. The van der Waals surface area contributed by atoms with Crippen molar-refractivity contribution in [3.63, 3.8) is 0 Å². The monoisotopic (exact) mass is 246 g/mol. The minimum Gasteiger partial charge on any atom is -0.469 e.